The number of carbonyl (C=O) groups excluding carboxylic acids is 1. The molecule has 1 aromatic rings. The molecule has 0 heterocycles. The van der Waals surface area contributed by atoms with Crippen molar-refractivity contribution in [3.63, 3.8) is 0 Å². The Bertz CT molecular complexity index is 401. The lowest BCUT2D eigenvalue weighted by molar-refractivity contribution is -0.305. The minimum atomic E-state index is -0.973. The van der Waals surface area contributed by atoms with Crippen LogP contribution < -0.4 is 5.11 Å². The normalized spacial score (nSPS) is 10.5. The average Bonchev–Trinajstić information content (AvgIpc) is 2.37. The van der Waals surface area contributed by atoms with E-state index < -0.39 is 5.97 Å². The zero-order valence-electron chi connectivity index (χ0n) is 11.1. The molecule has 0 radical (unpaired) electrons. The SMILES string of the molecule is O=C([O-])CCCCCCCCc1cccc(O)c1O. The molecule has 4 heteroatoms. The third-order valence-electron chi connectivity index (χ3n) is 3.18. The van der Waals surface area contributed by atoms with Gasteiger partial charge < -0.3 is 20.1 Å². The van der Waals surface area contributed by atoms with Crippen LogP contribution in [0.1, 0.15) is 50.5 Å². The number of phenols is 2. The Hall–Kier alpha value is -1.71. The fraction of sp³-hybridized carbons (Fsp3) is 0.533. The molecule has 1 aromatic carbocycles. The molecule has 106 valence electrons. The lowest BCUT2D eigenvalue weighted by Crippen LogP contribution is -2.21. The van der Waals surface area contributed by atoms with Crippen molar-refractivity contribution in [1.82, 2.24) is 0 Å². The largest absolute Gasteiger partial charge is 0.550 e. The van der Waals surface area contributed by atoms with Crippen molar-refractivity contribution in [2.45, 2.75) is 51.4 Å². The van der Waals surface area contributed by atoms with Crippen LogP contribution in [0, 0.1) is 0 Å². The number of phenolic OH excluding ortho intramolecular Hbond substituents is 2. The predicted molar refractivity (Wildman–Crippen MR) is 70.8 cm³/mol. The molecule has 0 bridgehead atoms. The molecule has 0 aliphatic rings. The van der Waals surface area contributed by atoms with E-state index in [1.165, 1.54) is 6.07 Å². The molecule has 0 spiro atoms. The second kappa shape index (κ2) is 8.40. The third kappa shape index (κ3) is 6.13. The van der Waals surface area contributed by atoms with E-state index in [4.69, 9.17) is 0 Å². The van der Waals surface area contributed by atoms with Crippen LogP contribution in [0.15, 0.2) is 18.2 Å². The number of para-hydroxylation sites is 1. The first-order valence-electron chi connectivity index (χ1n) is 6.81. The highest BCUT2D eigenvalue weighted by molar-refractivity contribution is 5.64. The maximum atomic E-state index is 10.2. The number of carboxylic acids is 1. The Morgan fingerprint density at radius 1 is 1.00 bits per heavy atom. The zero-order valence-corrected chi connectivity index (χ0v) is 11.1. The van der Waals surface area contributed by atoms with Gasteiger partial charge in [0.1, 0.15) is 0 Å². The van der Waals surface area contributed by atoms with Crippen LogP contribution in [0.2, 0.25) is 0 Å². The number of unbranched alkanes of at least 4 members (excludes halogenated alkanes) is 5. The molecule has 0 saturated heterocycles. The number of carbonyl (C=O) groups is 1. The number of hydrogen-bond donors (Lipinski definition) is 2. The van der Waals surface area contributed by atoms with Gasteiger partial charge in [-0.25, -0.2) is 0 Å². The topological polar surface area (TPSA) is 80.6 Å². The van der Waals surface area contributed by atoms with Crippen molar-refractivity contribution in [3.8, 4) is 11.5 Å². The van der Waals surface area contributed by atoms with Gasteiger partial charge in [-0.05, 0) is 37.3 Å². The summed E-state index contributed by atoms with van der Waals surface area (Å²) in [6.07, 6.45) is 6.60. The molecule has 0 aromatic heterocycles. The lowest BCUT2D eigenvalue weighted by atomic mass is 10.0. The van der Waals surface area contributed by atoms with Crippen LogP contribution in [0.25, 0.3) is 0 Å². The van der Waals surface area contributed by atoms with Crippen molar-refractivity contribution in [2.24, 2.45) is 0 Å². The third-order valence-corrected chi connectivity index (χ3v) is 3.18. The maximum Gasteiger partial charge on any atom is 0.160 e. The summed E-state index contributed by atoms with van der Waals surface area (Å²) in [6, 6.07) is 5.01. The molecular weight excluding hydrogens is 244 g/mol. The van der Waals surface area contributed by atoms with Gasteiger partial charge in [0.15, 0.2) is 11.5 Å². The van der Waals surface area contributed by atoms with Crippen molar-refractivity contribution < 1.29 is 20.1 Å². The molecule has 0 saturated carbocycles. The van der Waals surface area contributed by atoms with Crippen molar-refractivity contribution in [2.75, 3.05) is 0 Å². The second-order valence-corrected chi connectivity index (χ2v) is 4.78. The molecular formula is C15H21O4-. The predicted octanol–water partition coefficient (Wildman–Crippen LogP) is 2.12. The quantitative estimate of drug-likeness (QED) is 0.529. The van der Waals surface area contributed by atoms with Gasteiger partial charge in [0, 0.05) is 5.97 Å². The van der Waals surface area contributed by atoms with Gasteiger partial charge in [0.2, 0.25) is 0 Å². The van der Waals surface area contributed by atoms with Crippen molar-refractivity contribution in [1.29, 1.82) is 0 Å². The number of aryl methyl sites for hydroxylation is 1. The van der Waals surface area contributed by atoms with Gasteiger partial charge in [-0.1, -0.05) is 37.8 Å². The van der Waals surface area contributed by atoms with E-state index in [-0.39, 0.29) is 17.9 Å². The Kier molecular flexibility index (Phi) is 6.79. The monoisotopic (exact) mass is 265 g/mol. The lowest BCUT2D eigenvalue weighted by Gasteiger charge is -2.06. The molecule has 0 amide bonds. The van der Waals surface area contributed by atoms with E-state index in [9.17, 15) is 20.1 Å². The number of benzene rings is 1. The van der Waals surface area contributed by atoms with E-state index in [2.05, 4.69) is 0 Å². The Balaban J connectivity index is 2.08. The summed E-state index contributed by atoms with van der Waals surface area (Å²) in [5, 5.41) is 29.1. The van der Waals surface area contributed by atoms with Crippen molar-refractivity contribution in [3.05, 3.63) is 23.8 Å². The minimum Gasteiger partial charge on any atom is -0.550 e. The number of hydrogen-bond acceptors (Lipinski definition) is 4. The first kappa shape index (κ1) is 15.3. The first-order chi connectivity index (χ1) is 9.11. The summed E-state index contributed by atoms with van der Waals surface area (Å²) in [5.41, 5.74) is 0.775. The molecule has 1 rings (SSSR count). The smallest absolute Gasteiger partial charge is 0.160 e. The van der Waals surface area contributed by atoms with Crippen LogP contribution >= 0.6 is 0 Å². The van der Waals surface area contributed by atoms with Gasteiger partial charge in [0.05, 0.1) is 0 Å². The van der Waals surface area contributed by atoms with Crippen LogP contribution in [-0.4, -0.2) is 16.2 Å². The number of carboxylic acid groups (broad SMARTS) is 1. The first-order valence-corrected chi connectivity index (χ1v) is 6.81. The molecule has 0 aliphatic carbocycles. The van der Waals surface area contributed by atoms with E-state index in [0.717, 1.165) is 44.1 Å². The van der Waals surface area contributed by atoms with E-state index in [1.807, 2.05) is 6.07 Å². The summed E-state index contributed by atoms with van der Waals surface area (Å²) in [5.74, 6) is -1.06. The fourth-order valence-electron chi connectivity index (χ4n) is 2.07. The summed E-state index contributed by atoms with van der Waals surface area (Å²) >= 11 is 0. The summed E-state index contributed by atoms with van der Waals surface area (Å²) in [4.78, 5) is 10.2. The highest BCUT2D eigenvalue weighted by atomic mass is 16.4. The van der Waals surface area contributed by atoms with Gasteiger partial charge in [-0.3, -0.25) is 0 Å². The fourth-order valence-corrected chi connectivity index (χ4v) is 2.07. The van der Waals surface area contributed by atoms with E-state index in [0.29, 0.717) is 6.42 Å². The highest BCUT2D eigenvalue weighted by Crippen LogP contribution is 2.29. The van der Waals surface area contributed by atoms with Gasteiger partial charge in [0.25, 0.3) is 0 Å². The molecule has 0 aliphatic heterocycles. The molecule has 0 fully saturated rings. The van der Waals surface area contributed by atoms with Gasteiger partial charge >= 0.3 is 0 Å². The second-order valence-electron chi connectivity index (χ2n) is 4.78. The highest BCUT2D eigenvalue weighted by Gasteiger charge is 2.04. The molecule has 4 nitrogen and oxygen atoms in total. The Labute approximate surface area is 113 Å². The average molecular weight is 265 g/mol. The number of aromatic hydroxyl groups is 2. The van der Waals surface area contributed by atoms with E-state index >= 15 is 0 Å². The summed E-state index contributed by atoms with van der Waals surface area (Å²) < 4.78 is 0. The Morgan fingerprint density at radius 2 is 1.63 bits per heavy atom. The van der Waals surface area contributed by atoms with Crippen LogP contribution in [-0.2, 0) is 11.2 Å². The zero-order chi connectivity index (χ0) is 14.1. The molecule has 0 unspecified atom stereocenters. The van der Waals surface area contributed by atoms with E-state index in [1.54, 1.807) is 6.07 Å². The van der Waals surface area contributed by atoms with Crippen LogP contribution in [0.3, 0.4) is 0 Å². The standard InChI is InChI=1S/C15H22O4/c16-13-10-7-9-12(15(13)19)8-5-3-1-2-4-6-11-14(17)18/h7,9-10,16,19H,1-6,8,11H2,(H,17,18)/p-1. The number of rotatable bonds is 9. The van der Waals surface area contributed by atoms with Crippen molar-refractivity contribution >= 4 is 5.97 Å². The number of aliphatic carboxylic acids is 1. The molecule has 2 N–H and O–H groups in total. The minimum absolute atomic E-state index is 0.0172. The maximum absolute atomic E-state index is 10.2. The van der Waals surface area contributed by atoms with Crippen LogP contribution in [0.4, 0.5) is 0 Å². The van der Waals surface area contributed by atoms with Gasteiger partial charge in [-0.15, -0.1) is 0 Å². The summed E-state index contributed by atoms with van der Waals surface area (Å²) in [6.45, 7) is 0. The molecule has 19 heavy (non-hydrogen) atoms. The molecule has 0 atom stereocenters. The Morgan fingerprint density at radius 3 is 2.32 bits per heavy atom. The van der Waals surface area contributed by atoms with Gasteiger partial charge in [-0.2, -0.15) is 0 Å². The van der Waals surface area contributed by atoms with Crippen LogP contribution in [0.5, 0.6) is 11.5 Å². The summed E-state index contributed by atoms with van der Waals surface area (Å²) in [7, 11) is 0.